The Kier molecular flexibility index (Phi) is 3.14. The van der Waals surface area contributed by atoms with Crippen LogP contribution in [0.25, 0.3) is 0 Å². The van der Waals surface area contributed by atoms with Gasteiger partial charge in [-0.25, -0.2) is 9.38 Å². The van der Waals surface area contributed by atoms with Crippen LogP contribution in [0.5, 0.6) is 0 Å². The highest BCUT2D eigenvalue weighted by Crippen LogP contribution is 2.10. The fraction of sp³-hybridized carbons (Fsp3) is 0.667. The smallest absolute Gasteiger partial charge is 0.286 e. The summed E-state index contributed by atoms with van der Waals surface area (Å²) < 4.78 is 18.8. The lowest BCUT2D eigenvalue weighted by Gasteiger charge is -2.31. The lowest BCUT2D eigenvalue weighted by Crippen LogP contribution is -2.47. The van der Waals surface area contributed by atoms with Gasteiger partial charge in [-0.05, 0) is 0 Å². The zero-order chi connectivity index (χ0) is 11.5. The van der Waals surface area contributed by atoms with Gasteiger partial charge in [-0.2, -0.15) is 0 Å². The molecular weight excluding hydrogens is 215 g/mol. The minimum atomic E-state index is -1.26. The molecule has 0 saturated carbocycles. The van der Waals surface area contributed by atoms with Crippen molar-refractivity contribution in [3.63, 3.8) is 0 Å². The number of nitrogens with zero attached hydrogens (tertiary/aromatic N) is 3. The molecule has 0 aromatic heterocycles. The number of rotatable bonds is 1. The summed E-state index contributed by atoms with van der Waals surface area (Å²) in [6.45, 7) is 2.13. The molecule has 0 radical (unpaired) electrons. The van der Waals surface area contributed by atoms with E-state index in [1.165, 1.54) is 0 Å². The van der Waals surface area contributed by atoms with Gasteiger partial charge in [0.25, 0.3) is 5.91 Å². The minimum absolute atomic E-state index is 0.0888. The molecule has 2 N–H and O–H groups in total. The van der Waals surface area contributed by atoms with Crippen LogP contribution in [0, 0.1) is 0 Å². The van der Waals surface area contributed by atoms with Gasteiger partial charge in [0.2, 0.25) is 5.84 Å². The van der Waals surface area contributed by atoms with E-state index >= 15 is 0 Å². The number of morpholine rings is 1. The SMILES string of the molecule is NC(=O)C1=NCC(F)C(N2CCOCC2)=N1. The van der Waals surface area contributed by atoms with Crippen LogP contribution in [-0.2, 0) is 9.53 Å². The molecule has 16 heavy (non-hydrogen) atoms. The number of ether oxygens (including phenoxy) is 1. The average Bonchev–Trinajstić information content (AvgIpc) is 2.30. The number of aliphatic imine (C=N–C) groups is 2. The number of carbonyl (C=O) groups excluding carboxylic acids is 1. The highest BCUT2D eigenvalue weighted by molar-refractivity contribution is 6.39. The normalized spacial score (nSPS) is 26.1. The first kappa shape index (κ1) is 11.0. The van der Waals surface area contributed by atoms with Gasteiger partial charge in [0.05, 0.1) is 19.8 Å². The number of primary amides is 1. The highest BCUT2D eigenvalue weighted by atomic mass is 19.1. The van der Waals surface area contributed by atoms with Gasteiger partial charge in [-0.15, -0.1) is 0 Å². The number of hydrogen-bond donors (Lipinski definition) is 1. The lowest BCUT2D eigenvalue weighted by molar-refractivity contribution is -0.112. The van der Waals surface area contributed by atoms with Gasteiger partial charge in [0.15, 0.2) is 6.17 Å². The van der Waals surface area contributed by atoms with Crippen molar-refractivity contribution >= 4 is 17.6 Å². The van der Waals surface area contributed by atoms with Crippen molar-refractivity contribution in [2.45, 2.75) is 6.17 Å². The predicted octanol–water partition coefficient (Wildman–Crippen LogP) is -1.05. The third-order valence-electron chi connectivity index (χ3n) is 2.46. The molecule has 1 saturated heterocycles. The molecule has 2 aliphatic rings. The van der Waals surface area contributed by atoms with Crippen LogP contribution >= 0.6 is 0 Å². The van der Waals surface area contributed by atoms with Crippen LogP contribution in [0.1, 0.15) is 0 Å². The molecule has 0 aromatic rings. The zero-order valence-corrected chi connectivity index (χ0v) is 8.73. The molecule has 2 aliphatic heterocycles. The Morgan fingerprint density at radius 3 is 2.81 bits per heavy atom. The summed E-state index contributed by atoms with van der Waals surface area (Å²) in [5, 5.41) is 0. The summed E-state index contributed by atoms with van der Waals surface area (Å²) in [5.41, 5.74) is 5.06. The molecule has 0 aliphatic carbocycles. The summed E-state index contributed by atoms with van der Waals surface area (Å²) in [6.07, 6.45) is -1.26. The fourth-order valence-electron chi connectivity index (χ4n) is 1.66. The quantitative estimate of drug-likeness (QED) is 0.622. The third-order valence-corrected chi connectivity index (χ3v) is 2.46. The number of nitrogens with two attached hydrogens (primary N) is 1. The van der Waals surface area contributed by atoms with Crippen molar-refractivity contribution in [2.24, 2.45) is 15.7 Å². The second-order valence-electron chi connectivity index (χ2n) is 3.57. The van der Waals surface area contributed by atoms with E-state index in [2.05, 4.69) is 9.98 Å². The Bertz CT molecular complexity index is 349. The largest absolute Gasteiger partial charge is 0.378 e. The van der Waals surface area contributed by atoms with Crippen LogP contribution < -0.4 is 5.73 Å². The van der Waals surface area contributed by atoms with Gasteiger partial charge in [-0.1, -0.05) is 0 Å². The maximum absolute atomic E-state index is 13.6. The Labute approximate surface area is 92.0 Å². The van der Waals surface area contributed by atoms with E-state index in [4.69, 9.17) is 10.5 Å². The number of carbonyl (C=O) groups is 1. The van der Waals surface area contributed by atoms with Crippen LogP contribution in [0.3, 0.4) is 0 Å². The summed E-state index contributed by atoms with van der Waals surface area (Å²) in [7, 11) is 0. The number of amidine groups is 2. The van der Waals surface area contributed by atoms with Crippen LogP contribution in [0.2, 0.25) is 0 Å². The standard InChI is InChI=1S/C9H13FN4O2/c10-6-5-12-8(7(11)15)13-9(6)14-1-3-16-4-2-14/h6H,1-5H2,(H2,11,15). The lowest BCUT2D eigenvalue weighted by atomic mass is 10.2. The van der Waals surface area contributed by atoms with Crippen LogP contribution in [-0.4, -0.2) is 61.5 Å². The molecule has 88 valence electrons. The molecule has 0 bridgehead atoms. The van der Waals surface area contributed by atoms with E-state index in [-0.39, 0.29) is 18.2 Å². The molecule has 1 fully saturated rings. The van der Waals surface area contributed by atoms with Crippen molar-refractivity contribution in [1.29, 1.82) is 0 Å². The number of halogens is 1. The van der Waals surface area contributed by atoms with E-state index in [0.717, 1.165) is 0 Å². The van der Waals surface area contributed by atoms with Gasteiger partial charge < -0.3 is 15.4 Å². The van der Waals surface area contributed by atoms with Gasteiger partial charge in [0.1, 0.15) is 5.84 Å². The Balaban J connectivity index is 2.16. The summed E-state index contributed by atoms with van der Waals surface area (Å²) in [5.74, 6) is -0.583. The second-order valence-corrected chi connectivity index (χ2v) is 3.57. The summed E-state index contributed by atoms with van der Waals surface area (Å²) >= 11 is 0. The molecule has 6 nitrogen and oxygen atoms in total. The molecule has 2 heterocycles. The number of amides is 1. The van der Waals surface area contributed by atoms with Crippen molar-refractivity contribution in [3.8, 4) is 0 Å². The van der Waals surface area contributed by atoms with E-state index < -0.39 is 12.1 Å². The number of hydrogen-bond acceptors (Lipinski definition) is 5. The van der Waals surface area contributed by atoms with Crippen molar-refractivity contribution in [3.05, 3.63) is 0 Å². The third kappa shape index (κ3) is 2.19. The van der Waals surface area contributed by atoms with Crippen molar-refractivity contribution in [2.75, 3.05) is 32.8 Å². The Morgan fingerprint density at radius 2 is 2.19 bits per heavy atom. The Hall–Kier alpha value is -1.50. The summed E-state index contributed by atoms with van der Waals surface area (Å²) in [6, 6.07) is 0. The van der Waals surface area contributed by atoms with Crippen molar-refractivity contribution in [1.82, 2.24) is 4.90 Å². The molecule has 2 rings (SSSR count). The van der Waals surface area contributed by atoms with Crippen LogP contribution in [0.4, 0.5) is 4.39 Å². The monoisotopic (exact) mass is 228 g/mol. The summed E-state index contributed by atoms with van der Waals surface area (Å²) in [4.78, 5) is 20.2. The van der Waals surface area contributed by atoms with E-state index in [1.54, 1.807) is 4.90 Å². The minimum Gasteiger partial charge on any atom is -0.378 e. The Morgan fingerprint density at radius 1 is 1.50 bits per heavy atom. The topological polar surface area (TPSA) is 80.3 Å². The van der Waals surface area contributed by atoms with Gasteiger partial charge in [0, 0.05) is 13.1 Å². The number of alkyl halides is 1. The first-order valence-electron chi connectivity index (χ1n) is 5.08. The van der Waals surface area contributed by atoms with E-state index in [0.29, 0.717) is 26.3 Å². The van der Waals surface area contributed by atoms with E-state index in [1.807, 2.05) is 0 Å². The maximum Gasteiger partial charge on any atom is 0.286 e. The van der Waals surface area contributed by atoms with Crippen LogP contribution in [0.15, 0.2) is 9.98 Å². The van der Waals surface area contributed by atoms with Gasteiger partial charge >= 0.3 is 0 Å². The average molecular weight is 228 g/mol. The molecule has 0 spiro atoms. The highest BCUT2D eigenvalue weighted by Gasteiger charge is 2.27. The second kappa shape index (κ2) is 4.56. The fourth-order valence-corrected chi connectivity index (χ4v) is 1.66. The molecule has 7 heteroatoms. The zero-order valence-electron chi connectivity index (χ0n) is 8.73. The van der Waals surface area contributed by atoms with E-state index in [9.17, 15) is 9.18 Å². The van der Waals surface area contributed by atoms with Gasteiger partial charge in [-0.3, -0.25) is 9.79 Å². The molecule has 1 amide bonds. The first-order chi connectivity index (χ1) is 7.68. The van der Waals surface area contributed by atoms with Crippen molar-refractivity contribution < 1.29 is 13.9 Å². The molecule has 1 unspecified atom stereocenters. The predicted molar refractivity (Wildman–Crippen MR) is 56.2 cm³/mol. The molecule has 0 aromatic carbocycles. The first-order valence-corrected chi connectivity index (χ1v) is 5.08. The maximum atomic E-state index is 13.6. The molecule has 1 atom stereocenters. The molecular formula is C9H13FN4O2.